The molecule has 0 saturated heterocycles. The van der Waals surface area contributed by atoms with E-state index in [4.69, 9.17) is 4.74 Å². The van der Waals surface area contributed by atoms with Crippen LogP contribution < -0.4 is 10.1 Å². The Labute approximate surface area is 185 Å². The first-order valence-corrected chi connectivity index (χ1v) is 11.0. The molecule has 4 rings (SSSR count). The van der Waals surface area contributed by atoms with Gasteiger partial charge in [0.05, 0.1) is 24.5 Å². The third-order valence-corrected chi connectivity index (χ3v) is 6.28. The van der Waals surface area contributed by atoms with Crippen LogP contribution in [0.25, 0.3) is 17.1 Å². The maximum atomic E-state index is 12.6. The van der Waals surface area contributed by atoms with Crippen LogP contribution in [0.4, 0.5) is 0 Å². The summed E-state index contributed by atoms with van der Waals surface area (Å²) in [6.07, 6.45) is 1.95. The normalized spacial score (nSPS) is 15.0. The van der Waals surface area contributed by atoms with Crippen molar-refractivity contribution in [2.75, 3.05) is 12.9 Å². The Morgan fingerprint density at radius 3 is 2.61 bits per heavy atom. The molecule has 0 aliphatic heterocycles. The van der Waals surface area contributed by atoms with Gasteiger partial charge in [-0.05, 0) is 49.9 Å². The molecule has 1 fully saturated rings. The number of aromatic nitrogens is 3. The van der Waals surface area contributed by atoms with Crippen LogP contribution in [0.2, 0.25) is 0 Å². The van der Waals surface area contributed by atoms with Crippen molar-refractivity contribution >= 4 is 17.7 Å². The number of benzene rings is 2. The van der Waals surface area contributed by atoms with Crippen LogP contribution in [0.1, 0.15) is 19.8 Å². The summed E-state index contributed by atoms with van der Waals surface area (Å²) in [6.45, 7) is 1.79. The predicted octanol–water partition coefficient (Wildman–Crippen LogP) is 3.84. The second-order valence-electron chi connectivity index (χ2n) is 7.60. The number of nitrogens with one attached hydrogen (secondary N) is 1. The van der Waals surface area contributed by atoms with Crippen LogP contribution in [-0.4, -0.2) is 39.1 Å². The van der Waals surface area contributed by atoms with E-state index in [1.165, 1.54) is 11.8 Å². The molecule has 8 heteroatoms. The molecule has 1 aliphatic rings. The van der Waals surface area contributed by atoms with Gasteiger partial charge >= 0.3 is 0 Å². The second-order valence-corrected chi connectivity index (χ2v) is 8.55. The minimum Gasteiger partial charge on any atom is -0.496 e. The molecule has 1 aliphatic carbocycles. The molecule has 1 amide bonds. The monoisotopic (exact) mass is 433 g/mol. The largest absolute Gasteiger partial charge is 0.496 e. The van der Waals surface area contributed by atoms with Crippen molar-refractivity contribution in [1.82, 2.24) is 20.1 Å². The third kappa shape index (κ3) is 4.42. The number of rotatable bonds is 8. The number of carbonyl (C=O) groups excluding carboxylic acids is 1. The minimum absolute atomic E-state index is 0.140. The SMILES string of the molecule is COc1ccccc1-c1nnc(SCC(=O)N[C@@](C)(C#N)C2CC2)n1-c1ccccc1. The standard InChI is InChI=1S/C23H23N5O2S/c1-23(15-24,16-12-13-16)25-20(29)14-31-22-27-26-21(18-10-6-7-11-19(18)30-2)28(22)17-8-4-3-5-9-17/h3-11,16H,12-14H2,1-2H3,(H,25,29)/t23-/m0/s1. The number of carbonyl (C=O) groups is 1. The highest BCUT2D eigenvalue weighted by molar-refractivity contribution is 7.99. The van der Waals surface area contributed by atoms with E-state index in [-0.39, 0.29) is 17.6 Å². The highest BCUT2D eigenvalue weighted by atomic mass is 32.2. The van der Waals surface area contributed by atoms with E-state index in [0.29, 0.717) is 16.7 Å². The molecular formula is C23H23N5O2S. The number of nitriles is 1. The first kappa shape index (κ1) is 20.9. The maximum absolute atomic E-state index is 12.6. The lowest BCUT2D eigenvalue weighted by molar-refractivity contribution is -0.119. The number of para-hydroxylation sites is 2. The van der Waals surface area contributed by atoms with E-state index < -0.39 is 5.54 Å². The summed E-state index contributed by atoms with van der Waals surface area (Å²) in [5.74, 6) is 1.50. The molecular weight excluding hydrogens is 410 g/mol. The molecule has 0 spiro atoms. The van der Waals surface area contributed by atoms with Gasteiger partial charge in [-0.2, -0.15) is 5.26 Å². The van der Waals surface area contributed by atoms with Gasteiger partial charge in [0.15, 0.2) is 11.0 Å². The number of hydrogen-bond acceptors (Lipinski definition) is 6. The van der Waals surface area contributed by atoms with Gasteiger partial charge in [0.25, 0.3) is 0 Å². The minimum atomic E-state index is -0.812. The van der Waals surface area contributed by atoms with Crippen molar-refractivity contribution in [2.45, 2.75) is 30.5 Å². The molecule has 2 aromatic carbocycles. The van der Waals surface area contributed by atoms with Gasteiger partial charge in [0, 0.05) is 5.69 Å². The number of ether oxygens (including phenoxy) is 1. The van der Waals surface area contributed by atoms with Gasteiger partial charge in [-0.25, -0.2) is 0 Å². The van der Waals surface area contributed by atoms with E-state index in [1.54, 1.807) is 14.0 Å². The van der Waals surface area contributed by atoms with Crippen molar-refractivity contribution in [1.29, 1.82) is 5.26 Å². The molecule has 7 nitrogen and oxygen atoms in total. The van der Waals surface area contributed by atoms with E-state index in [9.17, 15) is 10.1 Å². The molecule has 1 atom stereocenters. The lowest BCUT2D eigenvalue weighted by Crippen LogP contribution is -2.47. The zero-order chi connectivity index (χ0) is 21.8. The molecule has 158 valence electrons. The van der Waals surface area contributed by atoms with E-state index in [1.807, 2.05) is 59.2 Å². The molecule has 1 N–H and O–H groups in total. The Bertz CT molecular complexity index is 1120. The zero-order valence-electron chi connectivity index (χ0n) is 17.4. The fraction of sp³-hybridized carbons (Fsp3) is 0.304. The van der Waals surface area contributed by atoms with Gasteiger partial charge in [-0.3, -0.25) is 9.36 Å². The smallest absolute Gasteiger partial charge is 0.231 e. The van der Waals surface area contributed by atoms with Gasteiger partial charge in [0.2, 0.25) is 5.91 Å². The highest BCUT2D eigenvalue weighted by Gasteiger charge is 2.43. The molecule has 1 heterocycles. The number of hydrogen-bond donors (Lipinski definition) is 1. The van der Waals surface area contributed by atoms with Crippen molar-refractivity contribution in [3.8, 4) is 28.9 Å². The average molecular weight is 434 g/mol. The number of nitrogens with zero attached hydrogens (tertiary/aromatic N) is 4. The van der Waals surface area contributed by atoms with Gasteiger partial charge < -0.3 is 10.1 Å². The summed E-state index contributed by atoms with van der Waals surface area (Å²) < 4.78 is 7.43. The van der Waals surface area contributed by atoms with Gasteiger partial charge in [-0.1, -0.05) is 42.1 Å². The van der Waals surface area contributed by atoms with E-state index >= 15 is 0 Å². The third-order valence-electron chi connectivity index (χ3n) is 5.35. The zero-order valence-corrected chi connectivity index (χ0v) is 18.2. The molecule has 1 aromatic heterocycles. The first-order valence-electron chi connectivity index (χ1n) is 10.0. The highest BCUT2D eigenvalue weighted by Crippen LogP contribution is 2.39. The molecule has 3 aromatic rings. The summed E-state index contributed by atoms with van der Waals surface area (Å²) in [4.78, 5) is 12.6. The lowest BCUT2D eigenvalue weighted by atomic mass is 9.98. The number of thioether (sulfide) groups is 1. The van der Waals surface area contributed by atoms with Crippen molar-refractivity contribution in [2.24, 2.45) is 5.92 Å². The van der Waals surface area contributed by atoms with Crippen molar-refractivity contribution in [3.63, 3.8) is 0 Å². The molecule has 31 heavy (non-hydrogen) atoms. The van der Waals surface area contributed by atoms with Crippen LogP contribution in [0.5, 0.6) is 5.75 Å². The van der Waals surface area contributed by atoms with Crippen LogP contribution in [0, 0.1) is 17.2 Å². The van der Waals surface area contributed by atoms with E-state index in [2.05, 4.69) is 21.6 Å². The summed E-state index contributed by atoms with van der Waals surface area (Å²) >= 11 is 1.29. The topological polar surface area (TPSA) is 92.8 Å². The van der Waals surface area contributed by atoms with Gasteiger partial charge in [-0.15, -0.1) is 10.2 Å². The molecule has 0 unspecified atom stereocenters. The van der Waals surface area contributed by atoms with Crippen LogP contribution >= 0.6 is 11.8 Å². The van der Waals surface area contributed by atoms with E-state index in [0.717, 1.165) is 24.1 Å². The Balaban J connectivity index is 1.62. The maximum Gasteiger partial charge on any atom is 0.231 e. The van der Waals surface area contributed by atoms with Crippen molar-refractivity contribution in [3.05, 3.63) is 54.6 Å². The Morgan fingerprint density at radius 2 is 1.94 bits per heavy atom. The predicted molar refractivity (Wildman–Crippen MR) is 119 cm³/mol. The molecule has 1 saturated carbocycles. The van der Waals surface area contributed by atoms with Crippen molar-refractivity contribution < 1.29 is 9.53 Å². The lowest BCUT2D eigenvalue weighted by Gasteiger charge is -2.22. The Hall–Kier alpha value is -3.31. The summed E-state index contributed by atoms with van der Waals surface area (Å²) in [5, 5.41) is 21.7. The molecule has 0 bridgehead atoms. The summed E-state index contributed by atoms with van der Waals surface area (Å²) in [5.41, 5.74) is 0.882. The average Bonchev–Trinajstić information content (AvgIpc) is 3.58. The Kier molecular flexibility index (Phi) is 5.96. The quantitative estimate of drug-likeness (QED) is 0.543. The Morgan fingerprint density at radius 1 is 1.23 bits per heavy atom. The molecule has 0 radical (unpaired) electrons. The fourth-order valence-corrected chi connectivity index (χ4v) is 4.27. The first-order chi connectivity index (χ1) is 15.1. The second kappa shape index (κ2) is 8.82. The number of amides is 1. The van der Waals surface area contributed by atoms with Crippen LogP contribution in [0.15, 0.2) is 59.8 Å². The van der Waals surface area contributed by atoms with Gasteiger partial charge in [0.1, 0.15) is 11.3 Å². The summed E-state index contributed by atoms with van der Waals surface area (Å²) in [6, 6.07) is 19.6. The number of methoxy groups -OCH3 is 1. The fourth-order valence-electron chi connectivity index (χ4n) is 3.51. The van der Waals surface area contributed by atoms with Crippen LogP contribution in [-0.2, 0) is 4.79 Å². The summed E-state index contributed by atoms with van der Waals surface area (Å²) in [7, 11) is 1.62. The van der Waals surface area contributed by atoms with Crippen LogP contribution in [0.3, 0.4) is 0 Å².